The molecule has 5 nitrogen and oxygen atoms in total. The molecule has 0 saturated carbocycles. The van der Waals surface area contributed by atoms with Crippen LogP contribution in [-0.2, 0) is 9.59 Å². The molecule has 5 heteroatoms. The number of carbonyl (C=O) groups is 2. The Kier molecular flexibility index (Phi) is 5.79. The summed E-state index contributed by atoms with van der Waals surface area (Å²) in [6.07, 6.45) is -0.113. The molecule has 0 aromatic heterocycles. The summed E-state index contributed by atoms with van der Waals surface area (Å²) in [5.41, 5.74) is 5.27. The number of nitrogens with zero attached hydrogens (tertiary/aromatic N) is 2. The zero-order chi connectivity index (χ0) is 19.4. The highest BCUT2D eigenvalue weighted by atomic mass is 16.2. The van der Waals surface area contributed by atoms with Crippen LogP contribution in [-0.4, -0.2) is 42.9 Å². The van der Waals surface area contributed by atoms with E-state index in [-0.39, 0.29) is 18.2 Å². The van der Waals surface area contributed by atoms with Crippen LogP contribution < -0.4 is 10.2 Å². The minimum atomic E-state index is -0.255. The van der Waals surface area contributed by atoms with E-state index in [1.54, 1.807) is 4.90 Å². The van der Waals surface area contributed by atoms with Gasteiger partial charge in [0.25, 0.3) is 0 Å². The molecular weight excluding hydrogens is 338 g/mol. The summed E-state index contributed by atoms with van der Waals surface area (Å²) < 4.78 is 0. The molecule has 1 aliphatic rings. The Hall–Kier alpha value is -2.82. The summed E-state index contributed by atoms with van der Waals surface area (Å²) in [6, 6.07) is 14.3. The standard InChI is InChI=1S/C22H27N3O2/c1-16-5-4-6-19(13-16)24-9-11-25(12-10-24)22(27)15-21(26)23-20-14-17(2)7-8-18(20)3/h4-8,13-14H,9-12,15H2,1-3H3,(H,23,26). The normalized spacial score (nSPS) is 14.2. The number of aryl methyl sites for hydroxylation is 3. The fourth-order valence-corrected chi connectivity index (χ4v) is 3.35. The van der Waals surface area contributed by atoms with Crippen LogP contribution in [0.5, 0.6) is 0 Å². The van der Waals surface area contributed by atoms with Gasteiger partial charge in [0.2, 0.25) is 11.8 Å². The minimum absolute atomic E-state index is 0.110. The van der Waals surface area contributed by atoms with Crippen molar-refractivity contribution >= 4 is 23.2 Å². The van der Waals surface area contributed by atoms with Crippen molar-refractivity contribution in [2.75, 3.05) is 36.4 Å². The van der Waals surface area contributed by atoms with Gasteiger partial charge in [-0.25, -0.2) is 0 Å². The van der Waals surface area contributed by atoms with E-state index in [0.29, 0.717) is 13.1 Å². The molecule has 2 aromatic carbocycles. The summed E-state index contributed by atoms with van der Waals surface area (Å²) >= 11 is 0. The summed E-state index contributed by atoms with van der Waals surface area (Å²) in [5, 5.41) is 2.87. The summed E-state index contributed by atoms with van der Waals surface area (Å²) in [4.78, 5) is 28.8. The zero-order valence-corrected chi connectivity index (χ0v) is 16.3. The van der Waals surface area contributed by atoms with E-state index < -0.39 is 0 Å². The molecule has 1 aliphatic heterocycles. The fourth-order valence-electron chi connectivity index (χ4n) is 3.35. The lowest BCUT2D eigenvalue weighted by Crippen LogP contribution is -2.49. The molecule has 3 rings (SSSR count). The maximum atomic E-state index is 12.5. The van der Waals surface area contributed by atoms with Crippen molar-refractivity contribution in [3.8, 4) is 0 Å². The maximum absolute atomic E-state index is 12.5. The first-order chi connectivity index (χ1) is 12.9. The average Bonchev–Trinajstić information content (AvgIpc) is 2.65. The predicted molar refractivity (Wildman–Crippen MR) is 109 cm³/mol. The lowest BCUT2D eigenvalue weighted by Gasteiger charge is -2.36. The van der Waals surface area contributed by atoms with Crippen LogP contribution in [0.25, 0.3) is 0 Å². The maximum Gasteiger partial charge on any atom is 0.233 e. The molecule has 0 unspecified atom stereocenters. The quantitative estimate of drug-likeness (QED) is 0.846. The second-order valence-corrected chi connectivity index (χ2v) is 7.25. The Bertz CT molecular complexity index is 839. The zero-order valence-electron chi connectivity index (χ0n) is 16.3. The third-order valence-electron chi connectivity index (χ3n) is 4.98. The predicted octanol–water partition coefficient (Wildman–Crippen LogP) is 3.29. The average molecular weight is 365 g/mol. The van der Waals surface area contributed by atoms with Gasteiger partial charge in [-0.15, -0.1) is 0 Å². The number of amides is 2. The Labute approximate surface area is 161 Å². The molecule has 2 amide bonds. The van der Waals surface area contributed by atoms with Crippen molar-refractivity contribution in [2.24, 2.45) is 0 Å². The van der Waals surface area contributed by atoms with Gasteiger partial charge in [-0.05, 0) is 55.7 Å². The minimum Gasteiger partial charge on any atom is -0.368 e. The molecule has 1 N–H and O–H groups in total. The number of hydrogen-bond donors (Lipinski definition) is 1. The highest BCUT2D eigenvalue weighted by Crippen LogP contribution is 2.19. The molecule has 0 radical (unpaired) electrons. The Morgan fingerprint density at radius 3 is 2.33 bits per heavy atom. The van der Waals surface area contributed by atoms with Crippen molar-refractivity contribution in [2.45, 2.75) is 27.2 Å². The molecule has 2 aromatic rings. The second kappa shape index (κ2) is 8.25. The van der Waals surface area contributed by atoms with Crippen LogP contribution in [0.3, 0.4) is 0 Å². The van der Waals surface area contributed by atoms with Gasteiger partial charge in [-0.2, -0.15) is 0 Å². The lowest BCUT2D eigenvalue weighted by molar-refractivity contribution is -0.134. The van der Waals surface area contributed by atoms with E-state index >= 15 is 0 Å². The molecule has 0 bridgehead atoms. The Morgan fingerprint density at radius 2 is 1.63 bits per heavy atom. The van der Waals surface area contributed by atoms with Crippen LogP contribution in [0.1, 0.15) is 23.1 Å². The van der Waals surface area contributed by atoms with E-state index in [1.807, 2.05) is 32.0 Å². The number of benzene rings is 2. The number of nitrogens with one attached hydrogen (secondary N) is 1. The highest BCUT2D eigenvalue weighted by molar-refractivity contribution is 6.04. The Balaban J connectivity index is 1.52. The summed E-state index contributed by atoms with van der Waals surface area (Å²) in [5.74, 6) is -0.364. The van der Waals surface area contributed by atoms with Crippen molar-refractivity contribution < 1.29 is 9.59 Å². The fraction of sp³-hybridized carbons (Fsp3) is 0.364. The van der Waals surface area contributed by atoms with Gasteiger partial charge in [0, 0.05) is 37.6 Å². The smallest absolute Gasteiger partial charge is 0.233 e. The molecule has 142 valence electrons. The molecule has 1 heterocycles. The molecule has 0 atom stereocenters. The van der Waals surface area contributed by atoms with Crippen LogP contribution >= 0.6 is 0 Å². The number of carbonyl (C=O) groups excluding carboxylic acids is 2. The largest absolute Gasteiger partial charge is 0.368 e. The van der Waals surface area contributed by atoms with Gasteiger partial charge in [-0.3, -0.25) is 9.59 Å². The molecule has 0 aliphatic carbocycles. The third-order valence-corrected chi connectivity index (χ3v) is 4.98. The number of piperazine rings is 1. The van der Waals surface area contributed by atoms with Crippen molar-refractivity contribution in [3.05, 3.63) is 59.2 Å². The SMILES string of the molecule is Cc1cccc(N2CCN(C(=O)CC(=O)Nc3cc(C)ccc3C)CC2)c1. The number of rotatable bonds is 4. The molecule has 1 saturated heterocycles. The third kappa shape index (κ3) is 4.88. The van der Waals surface area contributed by atoms with Gasteiger partial charge < -0.3 is 15.1 Å². The molecular formula is C22H27N3O2. The lowest BCUT2D eigenvalue weighted by atomic mass is 10.1. The first kappa shape index (κ1) is 19.0. The van der Waals surface area contributed by atoms with Crippen molar-refractivity contribution in [1.82, 2.24) is 4.90 Å². The number of anilines is 2. The first-order valence-electron chi connectivity index (χ1n) is 9.39. The molecule has 0 spiro atoms. The van der Waals surface area contributed by atoms with Crippen molar-refractivity contribution in [3.63, 3.8) is 0 Å². The van der Waals surface area contributed by atoms with Crippen molar-refractivity contribution in [1.29, 1.82) is 0 Å². The van der Waals surface area contributed by atoms with E-state index in [2.05, 4.69) is 41.4 Å². The van der Waals surface area contributed by atoms with Gasteiger partial charge in [0.15, 0.2) is 0 Å². The molecule has 1 fully saturated rings. The highest BCUT2D eigenvalue weighted by Gasteiger charge is 2.23. The van der Waals surface area contributed by atoms with Gasteiger partial charge in [0.05, 0.1) is 0 Å². The summed E-state index contributed by atoms with van der Waals surface area (Å²) in [6.45, 7) is 8.86. The first-order valence-corrected chi connectivity index (χ1v) is 9.39. The summed E-state index contributed by atoms with van der Waals surface area (Å²) in [7, 11) is 0. The molecule has 27 heavy (non-hydrogen) atoms. The van der Waals surface area contributed by atoms with Crippen LogP contribution in [0, 0.1) is 20.8 Å². The van der Waals surface area contributed by atoms with Gasteiger partial charge in [-0.1, -0.05) is 24.3 Å². The van der Waals surface area contributed by atoms with E-state index in [0.717, 1.165) is 29.9 Å². The van der Waals surface area contributed by atoms with Gasteiger partial charge >= 0.3 is 0 Å². The van der Waals surface area contributed by atoms with Gasteiger partial charge in [0.1, 0.15) is 6.42 Å². The van der Waals surface area contributed by atoms with Crippen LogP contribution in [0.4, 0.5) is 11.4 Å². The second-order valence-electron chi connectivity index (χ2n) is 7.25. The van der Waals surface area contributed by atoms with Crippen LogP contribution in [0.2, 0.25) is 0 Å². The Morgan fingerprint density at radius 1 is 0.926 bits per heavy atom. The topological polar surface area (TPSA) is 52.7 Å². The number of hydrogen-bond acceptors (Lipinski definition) is 3. The van der Waals surface area contributed by atoms with E-state index in [4.69, 9.17) is 0 Å². The van der Waals surface area contributed by atoms with Crippen LogP contribution in [0.15, 0.2) is 42.5 Å². The van der Waals surface area contributed by atoms with E-state index in [9.17, 15) is 9.59 Å². The van der Waals surface area contributed by atoms with E-state index in [1.165, 1.54) is 11.3 Å². The monoisotopic (exact) mass is 365 g/mol.